The van der Waals surface area contributed by atoms with Crippen LogP contribution in [0.25, 0.3) is 0 Å². The fraction of sp³-hybridized carbons (Fsp3) is 0.385. The van der Waals surface area contributed by atoms with E-state index in [2.05, 4.69) is 0 Å². The minimum absolute atomic E-state index is 0.0862. The molecule has 1 aromatic carbocycles. The van der Waals surface area contributed by atoms with Gasteiger partial charge in [0.2, 0.25) is 0 Å². The molecule has 1 radical (unpaired) electrons. The quantitative estimate of drug-likeness (QED) is 0.791. The molecule has 5 nitrogen and oxygen atoms in total. The van der Waals surface area contributed by atoms with Gasteiger partial charge in [-0.3, -0.25) is 4.79 Å². The highest BCUT2D eigenvalue weighted by Gasteiger charge is 2.41. The number of benzene rings is 1. The van der Waals surface area contributed by atoms with E-state index in [1.807, 2.05) is 18.2 Å². The van der Waals surface area contributed by atoms with E-state index < -0.39 is 23.4 Å². The summed E-state index contributed by atoms with van der Waals surface area (Å²) in [6, 6.07) is 7.70. The molecule has 2 N–H and O–H groups in total. The summed E-state index contributed by atoms with van der Waals surface area (Å²) in [7, 11) is 0. The maximum absolute atomic E-state index is 11.8. The molecule has 0 aliphatic rings. The van der Waals surface area contributed by atoms with Crippen LogP contribution < -0.4 is 5.73 Å². The van der Waals surface area contributed by atoms with Crippen LogP contribution in [0.5, 0.6) is 0 Å². The van der Waals surface area contributed by atoms with E-state index in [-0.39, 0.29) is 6.61 Å². The normalized spacial score (nSPS) is 12.8. The second-order valence-electron chi connectivity index (χ2n) is 4.58. The Bertz CT molecular complexity index is 428. The number of carbonyl (C=O) groups is 2. The zero-order valence-electron chi connectivity index (χ0n) is 10.4. The van der Waals surface area contributed by atoms with E-state index in [1.165, 1.54) is 13.8 Å². The number of ether oxygens (including phenoxy) is 1. The van der Waals surface area contributed by atoms with Gasteiger partial charge in [0.05, 0.1) is 5.41 Å². The van der Waals surface area contributed by atoms with Crippen LogP contribution in [-0.4, -0.2) is 18.0 Å². The molecule has 18 heavy (non-hydrogen) atoms. The Kier molecular flexibility index (Phi) is 4.44. The maximum atomic E-state index is 11.8. The Morgan fingerprint density at radius 1 is 1.28 bits per heavy atom. The topological polar surface area (TPSA) is 89.3 Å². The average molecular weight is 250 g/mol. The Labute approximate surface area is 106 Å². The van der Waals surface area contributed by atoms with Crippen molar-refractivity contribution >= 4 is 11.9 Å². The monoisotopic (exact) mass is 250 g/mol. The van der Waals surface area contributed by atoms with Gasteiger partial charge in [0, 0.05) is 0 Å². The predicted molar refractivity (Wildman–Crippen MR) is 63.7 cm³/mol. The van der Waals surface area contributed by atoms with E-state index in [9.17, 15) is 14.7 Å². The van der Waals surface area contributed by atoms with Crippen LogP contribution in [0.4, 0.5) is 0 Å². The minimum Gasteiger partial charge on any atom is -0.460 e. The average Bonchev–Trinajstić information content (AvgIpc) is 2.35. The minimum atomic E-state index is -1.48. The van der Waals surface area contributed by atoms with Gasteiger partial charge in [-0.1, -0.05) is 30.3 Å². The lowest BCUT2D eigenvalue weighted by atomic mass is 9.85. The van der Waals surface area contributed by atoms with E-state index in [1.54, 1.807) is 12.1 Å². The fourth-order valence-corrected chi connectivity index (χ4v) is 1.33. The second kappa shape index (κ2) is 5.64. The van der Waals surface area contributed by atoms with E-state index in [4.69, 9.17) is 10.5 Å². The van der Waals surface area contributed by atoms with Crippen LogP contribution in [0.1, 0.15) is 19.4 Å². The fourth-order valence-electron chi connectivity index (χ4n) is 1.33. The Balaban J connectivity index is 2.63. The largest absolute Gasteiger partial charge is 0.460 e. The van der Waals surface area contributed by atoms with Crippen molar-refractivity contribution in [2.45, 2.75) is 26.5 Å². The molecular formula is C13H16NO4. The Morgan fingerprint density at radius 3 is 2.33 bits per heavy atom. The summed E-state index contributed by atoms with van der Waals surface area (Å²) in [6.45, 7) is 2.92. The third-order valence-corrected chi connectivity index (χ3v) is 2.77. The number of nitrogens with two attached hydrogens (primary N) is 1. The van der Waals surface area contributed by atoms with Gasteiger partial charge in [-0.05, 0) is 19.4 Å². The van der Waals surface area contributed by atoms with E-state index in [0.29, 0.717) is 0 Å². The molecule has 5 heteroatoms. The number of esters is 1. The van der Waals surface area contributed by atoms with Crippen molar-refractivity contribution in [3.8, 4) is 0 Å². The SMILES string of the molecule is CC(C)(C(=O)OCc1ccccc1)C(N)C([O])=O. The molecule has 0 fully saturated rings. The molecule has 0 heterocycles. The van der Waals surface area contributed by atoms with Gasteiger partial charge < -0.3 is 10.5 Å². The van der Waals surface area contributed by atoms with Crippen molar-refractivity contribution < 1.29 is 19.4 Å². The highest BCUT2D eigenvalue weighted by molar-refractivity contribution is 5.85. The van der Waals surface area contributed by atoms with Crippen LogP contribution in [-0.2, 0) is 26.0 Å². The lowest BCUT2D eigenvalue weighted by molar-refractivity contribution is -0.163. The van der Waals surface area contributed by atoms with E-state index in [0.717, 1.165) is 5.56 Å². The molecule has 0 aromatic heterocycles. The van der Waals surface area contributed by atoms with Gasteiger partial charge in [-0.25, -0.2) is 9.90 Å². The van der Waals surface area contributed by atoms with Gasteiger partial charge in [-0.15, -0.1) is 0 Å². The van der Waals surface area contributed by atoms with Crippen molar-refractivity contribution in [1.29, 1.82) is 0 Å². The lowest BCUT2D eigenvalue weighted by Crippen LogP contribution is -2.48. The molecule has 97 valence electrons. The Hall–Kier alpha value is -1.88. The standard InChI is InChI=1S/C13H16NO4/c1-13(2,10(14)11(15)16)12(17)18-8-9-6-4-3-5-7-9/h3-7,10H,8,14H2,1-2H3. The number of rotatable bonds is 5. The molecule has 0 saturated carbocycles. The molecule has 0 saturated heterocycles. The molecule has 0 bridgehead atoms. The highest BCUT2D eigenvalue weighted by Crippen LogP contribution is 2.22. The van der Waals surface area contributed by atoms with Crippen molar-refractivity contribution in [1.82, 2.24) is 0 Å². The molecule has 0 spiro atoms. The zero-order valence-corrected chi connectivity index (χ0v) is 10.4. The van der Waals surface area contributed by atoms with Crippen LogP contribution in [0.15, 0.2) is 30.3 Å². The summed E-state index contributed by atoms with van der Waals surface area (Å²) in [5.74, 6) is -2.14. The summed E-state index contributed by atoms with van der Waals surface area (Å²) in [5, 5.41) is 10.7. The van der Waals surface area contributed by atoms with Gasteiger partial charge >= 0.3 is 11.9 Å². The summed E-state index contributed by atoms with van der Waals surface area (Å²) in [4.78, 5) is 22.5. The summed E-state index contributed by atoms with van der Waals surface area (Å²) < 4.78 is 5.05. The number of hydrogen-bond donors (Lipinski definition) is 1. The van der Waals surface area contributed by atoms with Crippen LogP contribution in [0.2, 0.25) is 0 Å². The van der Waals surface area contributed by atoms with Crippen LogP contribution >= 0.6 is 0 Å². The maximum Gasteiger partial charge on any atom is 0.373 e. The Morgan fingerprint density at radius 2 is 1.83 bits per heavy atom. The van der Waals surface area contributed by atoms with Crippen molar-refractivity contribution in [2.24, 2.45) is 11.1 Å². The smallest absolute Gasteiger partial charge is 0.373 e. The molecule has 1 rings (SSSR count). The molecule has 0 aliphatic carbocycles. The second-order valence-corrected chi connectivity index (χ2v) is 4.58. The van der Waals surface area contributed by atoms with Gasteiger partial charge in [0.1, 0.15) is 12.6 Å². The molecule has 1 aromatic rings. The first-order valence-corrected chi connectivity index (χ1v) is 5.53. The molecular weight excluding hydrogens is 234 g/mol. The van der Waals surface area contributed by atoms with Gasteiger partial charge in [-0.2, -0.15) is 0 Å². The van der Waals surface area contributed by atoms with Crippen LogP contribution in [0, 0.1) is 5.41 Å². The molecule has 0 amide bonds. The summed E-state index contributed by atoms with van der Waals surface area (Å²) in [5.41, 5.74) is 4.90. The van der Waals surface area contributed by atoms with E-state index >= 15 is 0 Å². The third kappa shape index (κ3) is 3.30. The van der Waals surface area contributed by atoms with Crippen molar-refractivity contribution in [2.75, 3.05) is 0 Å². The third-order valence-electron chi connectivity index (χ3n) is 2.77. The van der Waals surface area contributed by atoms with Crippen LogP contribution in [0.3, 0.4) is 0 Å². The van der Waals surface area contributed by atoms with Crippen molar-refractivity contribution in [3.63, 3.8) is 0 Å². The molecule has 0 aliphatic heterocycles. The molecule has 1 atom stereocenters. The first-order chi connectivity index (χ1) is 8.35. The zero-order chi connectivity index (χ0) is 13.8. The number of carbonyl (C=O) groups excluding carboxylic acids is 2. The molecule has 1 unspecified atom stereocenters. The van der Waals surface area contributed by atoms with Gasteiger partial charge in [0.15, 0.2) is 0 Å². The number of hydrogen-bond acceptors (Lipinski definition) is 4. The highest BCUT2D eigenvalue weighted by atomic mass is 16.5. The summed E-state index contributed by atoms with van der Waals surface area (Å²) in [6.07, 6.45) is 0. The first-order valence-electron chi connectivity index (χ1n) is 5.53. The van der Waals surface area contributed by atoms with Gasteiger partial charge in [0.25, 0.3) is 0 Å². The predicted octanol–water partition coefficient (Wildman–Crippen LogP) is 1.04. The summed E-state index contributed by atoms with van der Waals surface area (Å²) >= 11 is 0. The lowest BCUT2D eigenvalue weighted by Gasteiger charge is -2.25. The van der Waals surface area contributed by atoms with Crippen molar-refractivity contribution in [3.05, 3.63) is 35.9 Å². The first kappa shape index (κ1) is 14.2.